The van der Waals surface area contributed by atoms with Gasteiger partial charge in [-0.15, -0.1) is 0 Å². The first-order valence-corrected chi connectivity index (χ1v) is 11.1. The SMILES string of the molecule is CC(C)(C)OC(=O)CN1CCC(n2c(=O)n(C3CCC(=O)NC3=O)c3ccccc32)CC1. The second-order valence-corrected chi connectivity index (χ2v) is 9.57. The lowest BCUT2D eigenvalue weighted by Crippen LogP contribution is -2.45. The van der Waals surface area contributed by atoms with Crippen molar-refractivity contribution in [3.8, 4) is 0 Å². The molecule has 0 aliphatic carbocycles. The molecular formula is C23H30N4O5. The first kappa shape index (κ1) is 22.3. The molecule has 2 aromatic rings. The summed E-state index contributed by atoms with van der Waals surface area (Å²) in [5.74, 6) is -0.985. The summed E-state index contributed by atoms with van der Waals surface area (Å²) in [6.07, 6.45) is 1.95. The zero-order valence-electron chi connectivity index (χ0n) is 18.8. The number of ether oxygens (including phenoxy) is 1. The van der Waals surface area contributed by atoms with Gasteiger partial charge >= 0.3 is 11.7 Å². The minimum Gasteiger partial charge on any atom is -0.459 e. The van der Waals surface area contributed by atoms with Crippen LogP contribution in [0.1, 0.15) is 58.5 Å². The van der Waals surface area contributed by atoms with Gasteiger partial charge in [-0.3, -0.25) is 33.7 Å². The molecule has 2 fully saturated rings. The molecule has 2 amide bonds. The van der Waals surface area contributed by atoms with E-state index in [9.17, 15) is 19.2 Å². The molecule has 2 saturated heterocycles. The minimum atomic E-state index is -0.696. The summed E-state index contributed by atoms with van der Waals surface area (Å²) in [6, 6.07) is 6.74. The highest BCUT2D eigenvalue weighted by Crippen LogP contribution is 2.29. The number of esters is 1. The molecule has 1 aromatic heterocycles. The normalized spacial score (nSPS) is 21.0. The van der Waals surface area contributed by atoms with Crippen LogP contribution in [0.4, 0.5) is 0 Å². The summed E-state index contributed by atoms with van der Waals surface area (Å²) < 4.78 is 8.73. The summed E-state index contributed by atoms with van der Waals surface area (Å²) in [5.41, 5.74) is 0.739. The van der Waals surface area contributed by atoms with E-state index in [0.717, 1.165) is 5.52 Å². The zero-order chi connectivity index (χ0) is 23.0. The summed E-state index contributed by atoms with van der Waals surface area (Å²) in [7, 11) is 0. The molecule has 0 spiro atoms. The second kappa shape index (κ2) is 8.54. The van der Waals surface area contributed by atoms with Crippen molar-refractivity contribution in [1.82, 2.24) is 19.4 Å². The number of nitrogens with zero attached hydrogens (tertiary/aromatic N) is 3. The van der Waals surface area contributed by atoms with Crippen LogP contribution in [0, 0.1) is 0 Å². The number of likely N-dealkylation sites (tertiary alicyclic amines) is 1. The predicted molar refractivity (Wildman–Crippen MR) is 118 cm³/mol. The maximum atomic E-state index is 13.5. The smallest absolute Gasteiger partial charge is 0.330 e. The van der Waals surface area contributed by atoms with Crippen LogP contribution >= 0.6 is 0 Å². The summed E-state index contributed by atoms with van der Waals surface area (Å²) in [4.78, 5) is 51.8. The number of rotatable bonds is 4. The zero-order valence-corrected chi connectivity index (χ0v) is 18.8. The average Bonchev–Trinajstić information content (AvgIpc) is 2.99. The Hall–Kier alpha value is -2.94. The molecule has 1 aromatic carbocycles. The van der Waals surface area contributed by atoms with Crippen LogP contribution in [-0.4, -0.2) is 57.1 Å². The number of carbonyl (C=O) groups is 3. The molecule has 172 valence electrons. The highest BCUT2D eigenvalue weighted by molar-refractivity contribution is 6.00. The number of hydrogen-bond donors (Lipinski definition) is 1. The van der Waals surface area contributed by atoms with Crippen molar-refractivity contribution in [1.29, 1.82) is 0 Å². The topological polar surface area (TPSA) is 103 Å². The Morgan fingerprint density at radius 2 is 1.66 bits per heavy atom. The molecule has 0 radical (unpaired) electrons. The van der Waals surface area contributed by atoms with Crippen molar-refractivity contribution in [3.05, 3.63) is 34.7 Å². The summed E-state index contributed by atoms with van der Waals surface area (Å²) in [5, 5.41) is 2.35. The largest absolute Gasteiger partial charge is 0.459 e. The molecule has 0 bridgehead atoms. The van der Waals surface area contributed by atoms with Gasteiger partial charge in [0.1, 0.15) is 11.6 Å². The Morgan fingerprint density at radius 1 is 1.03 bits per heavy atom. The van der Waals surface area contributed by atoms with E-state index in [-0.39, 0.29) is 36.6 Å². The molecular weight excluding hydrogens is 412 g/mol. The third-order valence-electron chi connectivity index (χ3n) is 6.03. The third-order valence-corrected chi connectivity index (χ3v) is 6.03. The number of amides is 2. The van der Waals surface area contributed by atoms with E-state index in [0.29, 0.717) is 37.9 Å². The van der Waals surface area contributed by atoms with Gasteiger partial charge in [0.2, 0.25) is 11.8 Å². The van der Waals surface area contributed by atoms with E-state index >= 15 is 0 Å². The van der Waals surface area contributed by atoms with Gasteiger partial charge < -0.3 is 4.74 Å². The number of nitrogens with one attached hydrogen (secondary N) is 1. The fraction of sp³-hybridized carbons (Fsp3) is 0.565. The molecule has 4 rings (SSSR count). The fourth-order valence-electron chi connectivity index (χ4n) is 4.67. The number of imidazole rings is 1. The van der Waals surface area contributed by atoms with E-state index in [2.05, 4.69) is 10.2 Å². The van der Waals surface area contributed by atoms with Gasteiger partial charge in [-0.1, -0.05) is 12.1 Å². The number of carbonyl (C=O) groups excluding carboxylic acids is 3. The lowest BCUT2D eigenvalue weighted by Gasteiger charge is -2.32. The van der Waals surface area contributed by atoms with Crippen molar-refractivity contribution in [2.75, 3.05) is 19.6 Å². The third kappa shape index (κ3) is 4.48. The van der Waals surface area contributed by atoms with Gasteiger partial charge in [0.05, 0.1) is 17.6 Å². The van der Waals surface area contributed by atoms with Crippen LogP contribution in [0.15, 0.2) is 29.1 Å². The standard InChI is InChI=1S/C23H30N4O5/c1-23(2,3)32-20(29)14-25-12-10-15(11-13-25)26-16-6-4-5-7-17(16)27(22(26)31)18-8-9-19(28)24-21(18)30/h4-7,15,18H,8-14H2,1-3H3,(H,24,28,30). The van der Waals surface area contributed by atoms with E-state index in [1.54, 1.807) is 4.57 Å². The predicted octanol–water partition coefficient (Wildman–Crippen LogP) is 1.76. The second-order valence-electron chi connectivity index (χ2n) is 9.57. The monoisotopic (exact) mass is 442 g/mol. The van der Waals surface area contributed by atoms with Gasteiger partial charge in [0.25, 0.3) is 0 Å². The first-order chi connectivity index (χ1) is 15.1. The number of fused-ring (bicyclic) bond motifs is 1. The highest BCUT2D eigenvalue weighted by Gasteiger charge is 2.33. The Kier molecular flexibility index (Phi) is 5.94. The number of piperidine rings is 2. The number of hydrogen-bond acceptors (Lipinski definition) is 6. The fourth-order valence-corrected chi connectivity index (χ4v) is 4.67. The maximum absolute atomic E-state index is 13.5. The minimum absolute atomic E-state index is 0.0307. The van der Waals surface area contributed by atoms with E-state index in [4.69, 9.17) is 4.74 Å². The molecule has 32 heavy (non-hydrogen) atoms. The van der Waals surface area contributed by atoms with Crippen molar-refractivity contribution in [2.45, 2.75) is 64.1 Å². The van der Waals surface area contributed by atoms with E-state index < -0.39 is 17.6 Å². The Bertz CT molecular complexity index is 1100. The molecule has 0 saturated carbocycles. The van der Waals surface area contributed by atoms with Crippen LogP contribution < -0.4 is 11.0 Å². The molecule has 2 aliphatic rings. The van der Waals surface area contributed by atoms with E-state index in [1.165, 1.54) is 4.57 Å². The van der Waals surface area contributed by atoms with Crippen molar-refractivity contribution < 1.29 is 19.1 Å². The number of para-hydroxylation sites is 2. The number of aromatic nitrogens is 2. The van der Waals surface area contributed by atoms with Crippen molar-refractivity contribution in [2.24, 2.45) is 0 Å². The quantitative estimate of drug-likeness (QED) is 0.572. The van der Waals surface area contributed by atoms with Crippen LogP contribution in [0.5, 0.6) is 0 Å². The molecule has 3 heterocycles. The average molecular weight is 443 g/mol. The van der Waals surface area contributed by atoms with Crippen molar-refractivity contribution in [3.63, 3.8) is 0 Å². The van der Waals surface area contributed by atoms with Crippen molar-refractivity contribution >= 4 is 28.8 Å². The van der Waals surface area contributed by atoms with E-state index in [1.807, 2.05) is 45.0 Å². The van der Waals surface area contributed by atoms with Gasteiger partial charge in [-0.2, -0.15) is 0 Å². The molecule has 1 unspecified atom stereocenters. The number of benzene rings is 1. The first-order valence-electron chi connectivity index (χ1n) is 11.1. The summed E-state index contributed by atoms with van der Waals surface area (Å²) in [6.45, 7) is 7.13. The molecule has 2 aliphatic heterocycles. The van der Waals surface area contributed by atoms with Gasteiger partial charge in [-0.05, 0) is 52.2 Å². The maximum Gasteiger partial charge on any atom is 0.330 e. The Balaban J connectivity index is 1.55. The van der Waals surface area contributed by atoms with Crippen LogP contribution in [0.25, 0.3) is 11.0 Å². The van der Waals surface area contributed by atoms with Crippen LogP contribution in [-0.2, 0) is 19.1 Å². The van der Waals surface area contributed by atoms with Gasteiger partial charge in [0, 0.05) is 25.6 Å². The summed E-state index contributed by atoms with van der Waals surface area (Å²) >= 11 is 0. The van der Waals surface area contributed by atoms with Gasteiger partial charge in [0.15, 0.2) is 0 Å². The molecule has 1 atom stereocenters. The van der Waals surface area contributed by atoms with Gasteiger partial charge in [-0.25, -0.2) is 4.79 Å². The lowest BCUT2D eigenvalue weighted by atomic mass is 10.0. The van der Waals surface area contributed by atoms with Crippen LogP contribution in [0.2, 0.25) is 0 Å². The Morgan fingerprint density at radius 3 is 2.25 bits per heavy atom. The van der Waals surface area contributed by atoms with Crippen LogP contribution in [0.3, 0.4) is 0 Å². The highest BCUT2D eigenvalue weighted by atomic mass is 16.6. The molecule has 1 N–H and O–H groups in total. The Labute approximate surface area is 186 Å². The molecule has 9 nitrogen and oxygen atoms in total. The molecule has 9 heteroatoms. The lowest BCUT2D eigenvalue weighted by molar-refractivity contribution is -0.156. The number of imide groups is 1.